The molecule has 0 aliphatic heterocycles. The number of hydrogen-bond acceptors (Lipinski definition) is 6. The van der Waals surface area contributed by atoms with Crippen molar-refractivity contribution in [1.82, 2.24) is 19.8 Å². The number of carbonyl (C=O) groups is 1. The molecule has 0 radical (unpaired) electrons. The van der Waals surface area contributed by atoms with E-state index in [1.54, 1.807) is 57.2 Å². The van der Waals surface area contributed by atoms with E-state index in [2.05, 4.69) is 15.5 Å². The van der Waals surface area contributed by atoms with Crippen molar-refractivity contribution >= 4 is 15.9 Å². The molecule has 2 aromatic carbocycles. The standard InChI is InChI=1S/C24H29FN4O4S/c1-5-29(6-2)34(31,32)20-10-7-18(8-11-20)17(4)26-22(30)13-14-23-27-24(28-33-23)19-9-12-21(25)16(3)15-19/h7-12,15,17H,5-6,13-14H2,1-4H3,(H,26,30). The number of rotatable bonds is 10. The van der Waals surface area contributed by atoms with Crippen molar-refractivity contribution in [3.8, 4) is 11.4 Å². The van der Waals surface area contributed by atoms with Crippen molar-refractivity contribution in [2.45, 2.75) is 51.5 Å². The third kappa shape index (κ3) is 5.87. The third-order valence-corrected chi connectivity index (χ3v) is 7.62. The number of nitrogens with zero attached hydrogens (tertiary/aromatic N) is 3. The first-order chi connectivity index (χ1) is 16.1. The second-order valence-electron chi connectivity index (χ2n) is 7.92. The van der Waals surface area contributed by atoms with E-state index in [-0.39, 0.29) is 35.5 Å². The maximum atomic E-state index is 13.5. The number of sulfonamides is 1. The Morgan fingerprint density at radius 1 is 1.15 bits per heavy atom. The molecule has 1 N–H and O–H groups in total. The van der Waals surface area contributed by atoms with Crippen LogP contribution in [0.2, 0.25) is 0 Å². The van der Waals surface area contributed by atoms with Crippen molar-refractivity contribution in [3.63, 3.8) is 0 Å². The summed E-state index contributed by atoms with van der Waals surface area (Å²) in [6, 6.07) is 10.8. The number of hydrogen-bond donors (Lipinski definition) is 1. The third-order valence-electron chi connectivity index (χ3n) is 5.55. The van der Waals surface area contributed by atoms with Crippen LogP contribution < -0.4 is 5.32 Å². The molecule has 1 amide bonds. The fourth-order valence-corrected chi connectivity index (χ4v) is 4.97. The predicted octanol–water partition coefficient (Wildman–Crippen LogP) is 4.02. The second-order valence-corrected chi connectivity index (χ2v) is 9.86. The second kappa shape index (κ2) is 10.9. The Morgan fingerprint density at radius 2 is 1.82 bits per heavy atom. The number of benzene rings is 2. The average molecular weight is 489 g/mol. The van der Waals surface area contributed by atoms with E-state index in [1.165, 1.54) is 10.4 Å². The van der Waals surface area contributed by atoms with Crippen molar-refractivity contribution in [3.05, 3.63) is 65.3 Å². The van der Waals surface area contributed by atoms with Gasteiger partial charge in [-0.05, 0) is 55.3 Å². The lowest BCUT2D eigenvalue weighted by molar-refractivity contribution is -0.121. The van der Waals surface area contributed by atoms with Gasteiger partial charge in [-0.2, -0.15) is 9.29 Å². The highest BCUT2D eigenvalue weighted by atomic mass is 32.2. The molecule has 1 heterocycles. The number of halogens is 1. The zero-order valence-electron chi connectivity index (χ0n) is 19.7. The quantitative estimate of drug-likeness (QED) is 0.462. The van der Waals surface area contributed by atoms with Gasteiger partial charge in [-0.15, -0.1) is 0 Å². The predicted molar refractivity (Wildman–Crippen MR) is 126 cm³/mol. The monoisotopic (exact) mass is 488 g/mol. The van der Waals surface area contributed by atoms with Crippen LogP contribution in [-0.4, -0.2) is 41.9 Å². The first kappa shape index (κ1) is 25.5. The first-order valence-corrected chi connectivity index (χ1v) is 12.6. The van der Waals surface area contributed by atoms with Gasteiger partial charge in [0.15, 0.2) is 0 Å². The van der Waals surface area contributed by atoms with Crippen LogP contribution in [0.4, 0.5) is 4.39 Å². The summed E-state index contributed by atoms with van der Waals surface area (Å²) in [6.07, 6.45) is 0.398. The summed E-state index contributed by atoms with van der Waals surface area (Å²) >= 11 is 0. The fourth-order valence-electron chi connectivity index (χ4n) is 3.52. The van der Waals surface area contributed by atoms with Gasteiger partial charge >= 0.3 is 0 Å². The lowest BCUT2D eigenvalue weighted by Gasteiger charge is -2.19. The maximum Gasteiger partial charge on any atom is 0.243 e. The van der Waals surface area contributed by atoms with E-state index in [4.69, 9.17) is 4.52 Å². The van der Waals surface area contributed by atoms with Crippen LogP contribution in [0.15, 0.2) is 51.9 Å². The van der Waals surface area contributed by atoms with Gasteiger partial charge in [0.2, 0.25) is 27.6 Å². The van der Waals surface area contributed by atoms with Crippen molar-refractivity contribution < 1.29 is 22.1 Å². The molecule has 3 aromatic rings. The zero-order chi connectivity index (χ0) is 24.9. The number of carbonyl (C=O) groups excluding carboxylic acids is 1. The van der Waals surface area contributed by atoms with Gasteiger partial charge in [-0.1, -0.05) is 31.1 Å². The summed E-state index contributed by atoms with van der Waals surface area (Å²) in [4.78, 5) is 16.9. The van der Waals surface area contributed by atoms with Gasteiger partial charge in [-0.3, -0.25) is 4.79 Å². The highest BCUT2D eigenvalue weighted by Gasteiger charge is 2.22. The molecule has 3 rings (SSSR count). The van der Waals surface area contributed by atoms with Crippen LogP contribution in [0.25, 0.3) is 11.4 Å². The van der Waals surface area contributed by atoms with Crippen LogP contribution >= 0.6 is 0 Å². The van der Waals surface area contributed by atoms with Crippen LogP contribution in [0, 0.1) is 12.7 Å². The summed E-state index contributed by atoms with van der Waals surface area (Å²) in [5.74, 6) is 0.139. The van der Waals surface area contributed by atoms with Gasteiger partial charge in [0.1, 0.15) is 5.82 Å². The molecule has 1 unspecified atom stereocenters. The Kier molecular flexibility index (Phi) is 8.16. The highest BCUT2D eigenvalue weighted by Crippen LogP contribution is 2.21. The SMILES string of the molecule is CCN(CC)S(=O)(=O)c1ccc(C(C)NC(=O)CCc2nc(-c3ccc(F)c(C)c3)no2)cc1. The van der Waals surface area contributed by atoms with Crippen molar-refractivity contribution in [1.29, 1.82) is 0 Å². The van der Waals surface area contributed by atoms with E-state index in [0.717, 1.165) is 5.56 Å². The summed E-state index contributed by atoms with van der Waals surface area (Å²) in [5, 5.41) is 6.80. The zero-order valence-corrected chi connectivity index (χ0v) is 20.5. The minimum Gasteiger partial charge on any atom is -0.350 e. The molecular weight excluding hydrogens is 459 g/mol. The van der Waals surface area contributed by atoms with E-state index in [9.17, 15) is 17.6 Å². The summed E-state index contributed by atoms with van der Waals surface area (Å²) in [6.45, 7) is 7.88. The number of aromatic nitrogens is 2. The van der Waals surface area contributed by atoms with Gasteiger partial charge in [0.05, 0.1) is 10.9 Å². The Bertz CT molecular complexity index is 1240. The molecule has 34 heavy (non-hydrogen) atoms. The van der Waals surface area contributed by atoms with Gasteiger partial charge in [0.25, 0.3) is 0 Å². The molecule has 0 aliphatic carbocycles. The normalized spacial score (nSPS) is 12.6. The molecular formula is C24H29FN4O4S. The highest BCUT2D eigenvalue weighted by molar-refractivity contribution is 7.89. The molecule has 182 valence electrons. The first-order valence-electron chi connectivity index (χ1n) is 11.1. The van der Waals surface area contributed by atoms with Crippen LogP contribution in [0.5, 0.6) is 0 Å². The van der Waals surface area contributed by atoms with Gasteiger partial charge < -0.3 is 9.84 Å². The van der Waals surface area contributed by atoms with Crippen LogP contribution in [0.1, 0.15) is 50.3 Å². The molecule has 0 bridgehead atoms. The van der Waals surface area contributed by atoms with E-state index < -0.39 is 10.0 Å². The fraction of sp³-hybridized carbons (Fsp3) is 0.375. The van der Waals surface area contributed by atoms with Gasteiger partial charge in [-0.25, -0.2) is 12.8 Å². The lowest BCUT2D eigenvalue weighted by Crippen LogP contribution is -2.30. The van der Waals surface area contributed by atoms with Crippen molar-refractivity contribution in [2.75, 3.05) is 13.1 Å². The number of amides is 1. The Hall–Kier alpha value is -3.11. The molecule has 0 saturated carbocycles. The van der Waals surface area contributed by atoms with Crippen molar-refractivity contribution in [2.24, 2.45) is 0 Å². The average Bonchev–Trinajstić information content (AvgIpc) is 3.29. The van der Waals surface area contributed by atoms with Gasteiger partial charge in [0, 0.05) is 31.5 Å². The molecule has 0 fully saturated rings. The number of aryl methyl sites for hydroxylation is 2. The Balaban J connectivity index is 1.56. The summed E-state index contributed by atoms with van der Waals surface area (Å²) in [7, 11) is -3.52. The van der Waals surface area contributed by atoms with E-state index in [0.29, 0.717) is 35.9 Å². The van der Waals surface area contributed by atoms with E-state index >= 15 is 0 Å². The molecule has 1 atom stereocenters. The van der Waals surface area contributed by atoms with Crippen LogP contribution in [0.3, 0.4) is 0 Å². The topological polar surface area (TPSA) is 105 Å². The molecule has 10 heteroatoms. The lowest BCUT2D eigenvalue weighted by atomic mass is 10.1. The maximum absolute atomic E-state index is 13.5. The van der Waals surface area contributed by atoms with E-state index in [1.807, 2.05) is 6.92 Å². The Labute approximate surface area is 199 Å². The summed E-state index contributed by atoms with van der Waals surface area (Å²) in [5.41, 5.74) is 1.91. The van der Waals surface area contributed by atoms with Crippen LogP contribution in [-0.2, 0) is 21.2 Å². The Morgan fingerprint density at radius 3 is 2.44 bits per heavy atom. The number of nitrogens with one attached hydrogen (secondary N) is 1. The molecule has 8 nitrogen and oxygen atoms in total. The summed E-state index contributed by atoms with van der Waals surface area (Å²) < 4.78 is 45.3. The molecule has 0 aliphatic rings. The molecule has 0 saturated heterocycles. The largest absolute Gasteiger partial charge is 0.350 e. The minimum absolute atomic E-state index is 0.142. The minimum atomic E-state index is -3.52. The molecule has 0 spiro atoms. The smallest absolute Gasteiger partial charge is 0.243 e. The molecule has 1 aromatic heterocycles.